The maximum atomic E-state index is 4.52. The smallest absolute Gasteiger partial charge is 0.160 e. The molecule has 1 aromatic carbocycles. The molecule has 84 valence electrons. The molecule has 0 unspecified atom stereocenters. The molecule has 0 aliphatic heterocycles. The van der Waals surface area contributed by atoms with E-state index >= 15 is 0 Å². The Morgan fingerprint density at radius 2 is 2.06 bits per heavy atom. The van der Waals surface area contributed by atoms with Crippen LogP contribution in [0.15, 0.2) is 24.3 Å². The highest BCUT2D eigenvalue weighted by Crippen LogP contribution is 2.25. The summed E-state index contributed by atoms with van der Waals surface area (Å²) >= 11 is 0. The number of benzene rings is 1. The average molecular weight is 216 g/mol. The summed E-state index contributed by atoms with van der Waals surface area (Å²) in [7, 11) is 3.84. The minimum absolute atomic E-state index is 0.857. The van der Waals surface area contributed by atoms with E-state index in [1.54, 1.807) is 0 Å². The topological polar surface area (TPSA) is 42.7 Å². The molecule has 0 bridgehead atoms. The zero-order valence-corrected chi connectivity index (χ0v) is 9.86. The van der Waals surface area contributed by atoms with Crippen LogP contribution >= 0.6 is 0 Å². The zero-order valence-electron chi connectivity index (χ0n) is 9.86. The molecule has 4 nitrogen and oxygen atoms in total. The fraction of sp³-hybridized carbons (Fsp3) is 0.333. The predicted molar refractivity (Wildman–Crippen MR) is 65.4 cm³/mol. The number of aromatic nitrogens is 3. The summed E-state index contributed by atoms with van der Waals surface area (Å²) < 4.78 is 1.83. The first-order valence-corrected chi connectivity index (χ1v) is 5.43. The quantitative estimate of drug-likeness (QED) is 0.854. The molecule has 0 saturated carbocycles. The van der Waals surface area contributed by atoms with Gasteiger partial charge < -0.3 is 5.32 Å². The van der Waals surface area contributed by atoms with Crippen LogP contribution in [0.1, 0.15) is 12.7 Å². The van der Waals surface area contributed by atoms with Crippen molar-refractivity contribution in [3.63, 3.8) is 0 Å². The van der Waals surface area contributed by atoms with Gasteiger partial charge in [-0.15, -0.1) is 0 Å². The molecule has 1 heterocycles. The van der Waals surface area contributed by atoms with Crippen molar-refractivity contribution in [3.05, 3.63) is 30.1 Å². The maximum absolute atomic E-state index is 4.52. The summed E-state index contributed by atoms with van der Waals surface area (Å²) in [6.07, 6.45) is 0.857. The summed E-state index contributed by atoms with van der Waals surface area (Å²) in [5.41, 5.74) is 2.15. The first-order valence-electron chi connectivity index (χ1n) is 5.43. The second-order valence-corrected chi connectivity index (χ2v) is 3.62. The van der Waals surface area contributed by atoms with Gasteiger partial charge in [0.1, 0.15) is 0 Å². The Labute approximate surface area is 95.3 Å². The van der Waals surface area contributed by atoms with Crippen LogP contribution in [0.3, 0.4) is 0 Å². The molecule has 0 aliphatic rings. The number of nitrogens with zero attached hydrogens (tertiary/aromatic N) is 3. The van der Waals surface area contributed by atoms with Gasteiger partial charge in [0.05, 0.1) is 0 Å². The molecule has 0 aliphatic carbocycles. The molecule has 4 heteroatoms. The maximum Gasteiger partial charge on any atom is 0.160 e. The van der Waals surface area contributed by atoms with Crippen molar-refractivity contribution >= 4 is 5.69 Å². The van der Waals surface area contributed by atoms with E-state index in [4.69, 9.17) is 0 Å². The molecule has 0 amide bonds. The second-order valence-electron chi connectivity index (χ2n) is 3.62. The van der Waals surface area contributed by atoms with Crippen molar-refractivity contribution in [3.8, 4) is 11.4 Å². The van der Waals surface area contributed by atoms with Crippen molar-refractivity contribution in [1.29, 1.82) is 0 Å². The summed E-state index contributed by atoms with van der Waals surface area (Å²) in [6.45, 7) is 2.06. The summed E-state index contributed by atoms with van der Waals surface area (Å²) in [5, 5.41) is 7.53. The number of hydrogen-bond acceptors (Lipinski definition) is 3. The number of hydrogen-bond donors (Lipinski definition) is 1. The number of aryl methyl sites for hydroxylation is 2. The third-order valence-electron chi connectivity index (χ3n) is 2.56. The van der Waals surface area contributed by atoms with Crippen LogP contribution in [0.4, 0.5) is 5.69 Å². The SMILES string of the molecule is CCc1nc(-c2ccccc2NC)n(C)n1. The Kier molecular flexibility index (Phi) is 2.90. The van der Waals surface area contributed by atoms with E-state index in [0.717, 1.165) is 29.3 Å². The second kappa shape index (κ2) is 4.35. The van der Waals surface area contributed by atoms with Gasteiger partial charge in [0.2, 0.25) is 0 Å². The van der Waals surface area contributed by atoms with Crippen molar-refractivity contribution in [2.24, 2.45) is 7.05 Å². The Balaban J connectivity index is 2.53. The molecule has 16 heavy (non-hydrogen) atoms. The van der Waals surface area contributed by atoms with Gasteiger partial charge >= 0.3 is 0 Å². The van der Waals surface area contributed by atoms with Gasteiger partial charge in [-0.05, 0) is 12.1 Å². The Morgan fingerprint density at radius 3 is 2.69 bits per heavy atom. The number of anilines is 1. The van der Waals surface area contributed by atoms with Gasteiger partial charge in [-0.25, -0.2) is 9.67 Å². The summed E-state index contributed by atoms with van der Waals surface area (Å²) in [5.74, 6) is 1.78. The van der Waals surface area contributed by atoms with E-state index in [2.05, 4.69) is 28.4 Å². The van der Waals surface area contributed by atoms with Crippen LogP contribution in [-0.4, -0.2) is 21.8 Å². The highest BCUT2D eigenvalue weighted by molar-refractivity contribution is 5.73. The molecule has 1 N–H and O–H groups in total. The lowest BCUT2D eigenvalue weighted by atomic mass is 10.1. The predicted octanol–water partition coefficient (Wildman–Crippen LogP) is 2.09. The molecule has 0 radical (unpaired) electrons. The van der Waals surface area contributed by atoms with Gasteiger partial charge in [0.15, 0.2) is 11.6 Å². The van der Waals surface area contributed by atoms with Crippen LogP contribution in [0.5, 0.6) is 0 Å². The lowest BCUT2D eigenvalue weighted by Gasteiger charge is -2.07. The van der Waals surface area contributed by atoms with Crippen molar-refractivity contribution in [2.75, 3.05) is 12.4 Å². The fourth-order valence-corrected chi connectivity index (χ4v) is 1.72. The molecule has 0 spiro atoms. The van der Waals surface area contributed by atoms with Crippen molar-refractivity contribution < 1.29 is 0 Å². The largest absolute Gasteiger partial charge is 0.388 e. The van der Waals surface area contributed by atoms with Gasteiger partial charge in [-0.1, -0.05) is 19.1 Å². The van der Waals surface area contributed by atoms with Crippen LogP contribution in [0.25, 0.3) is 11.4 Å². The van der Waals surface area contributed by atoms with Crippen molar-refractivity contribution in [1.82, 2.24) is 14.8 Å². The molecule has 0 saturated heterocycles. The third kappa shape index (κ3) is 1.78. The lowest BCUT2D eigenvalue weighted by molar-refractivity contribution is 0.753. The highest BCUT2D eigenvalue weighted by atomic mass is 15.3. The monoisotopic (exact) mass is 216 g/mol. The van der Waals surface area contributed by atoms with E-state index < -0.39 is 0 Å². The van der Waals surface area contributed by atoms with Gasteiger partial charge in [-0.3, -0.25) is 0 Å². The van der Waals surface area contributed by atoms with Crippen LogP contribution < -0.4 is 5.32 Å². The molecular weight excluding hydrogens is 200 g/mol. The highest BCUT2D eigenvalue weighted by Gasteiger charge is 2.11. The fourth-order valence-electron chi connectivity index (χ4n) is 1.72. The molecule has 0 fully saturated rings. The van der Waals surface area contributed by atoms with Gasteiger partial charge in [0.25, 0.3) is 0 Å². The molecule has 0 atom stereocenters. The molecule has 2 aromatic rings. The summed E-state index contributed by atoms with van der Waals surface area (Å²) in [6, 6.07) is 8.10. The number of nitrogens with one attached hydrogen (secondary N) is 1. The van der Waals surface area contributed by atoms with E-state index in [1.807, 2.05) is 37.0 Å². The minimum atomic E-state index is 0.857. The average Bonchev–Trinajstić information content (AvgIpc) is 2.70. The van der Waals surface area contributed by atoms with Gasteiger partial charge in [-0.2, -0.15) is 5.10 Å². The Morgan fingerprint density at radius 1 is 1.31 bits per heavy atom. The first-order chi connectivity index (χ1) is 7.76. The van der Waals surface area contributed by atoms with E-state index in [-0.39, 0.29) is 0 Å². The zero-order chi connectivity index (χ0) is 11.5. The lowest BCUT2D eigenvalue weighted by Crippen LogP contribution is -1.98. The molecular formula is C12H16N4. The molecule has 2 rings (SSSR count). The van der Waals surface area contributed by atoms with Crippen LogP contribution in [-0.2, 0) is 13.5 Å². The third-order valence-corrected chi connectivity index (χ3v) is 2.56. The Bertz CT molecular complexity index is 488. The van der Waals surface area contributed by atoms with E-state index in [1.165, 1.54) is 0 Å². The van der Waals surface area contributed by atoms with Crippen LogP contribution in [0, 0.1) is 0 Å². The Hall–Kier alpha value is -1.84. The minimum Gasteiger partial charge on any atom is -0.388 e. The molecule has 1 aromatic heterocycles. The van der Waals surface area contributed by atoms with E-state index in [0.29, 0.717) is 0 Å². The first kappa shape index (κ1) is 10.7. The number of rotatable bonds is 3. The van der Waals surface area contributed by atoms with Crippen LogP contribution in [0.2, 0.25) is 0 Å². The van der Waals surface area contributed by atoms with E-state index in [9.17, 15) is 0 Å². The number of para-hydroxylation sites is 1. The summed E-state index contributed by atoms with van der Waals surface area (Å²) in [4.78, 5) is 4.52. The standard InChI is InChI=1S/C12H16N4/c1-4-11-14-12(16(3)15-11)9-7-5-6-8-10(9)13-2/h5-8,13H,4H2,1-3H3. The van der Waals surface area contributed by atoms with Gasteiger partial charge in [0, 0.05) is 31.8 Å². The van der Waals surface area contributed by atoms with Crippen molar-refractivity contribution in [2.45, 2.75) is 13.3 Å². The normalized spacial score (nSPS) is 10.4.